The summed E-state index contributed by atoms with van der Waals surface area (Å²) in [6.07, 6.45) is 7.97. The van der Waals surface area contributed by atoms with Crippen LogP contribution in [0.15, 0.2) is 67.3 Å². The lowest BCUT2D eigenvalue weighted by atomic mass is 9.94. The van der Waals surface area contributed by atoms with Crippen molar-refractivity contribution in [2.45, 2.75) is 25.3 Å². The number of aromatic nitrogens is 3. The van der Waals surface area contributed by atoms with E-state index in [0.717, 1.165) is 18.9 Å². The van der Waals surface area contributed by atoms with Crippen LogP contribution in [-0.2, 0) is 6.54 Å². The van der Waals surface area contributed by atoms with Crippen molar-refractivity contribution in [2.75, 3.05) is 13.1 Å². The molecule has 122 valence electrons. The van der Waals surface area contributed by atoms with Crippen LogP contribution < -0.4 is 0 Å². The highest BCUT2D eigenvalue weighted by Gasteiger charge is 2.22. The lowest BCUT2D eigenvalue weighted by Crippen LogP contribution is -2.34. The van der Waals surface area contributed by atoms with Gasteiger partial charge in [0.05, 0.1) is 0 Å². The lowest BCUT2D eigenvalue weighted by Gasteiger charge is -2.32. The highest BCUT2D eigenvalue weighted by atomic mass is 15.1. The monoisotopic (exact) mass is 318 g/mol. The van der Waals surface area contributed by atoms with Crippen molar-refractivity contribution in [1.29, 1.82) is 0 Å². The Labute approximate surface area is 142 Å². The van der Waals surface area contributed by atoms with E-state index in [4.69, 9.17) is 4.98 Å². The maximum atomic E-state index is 4.88. The summed E-state index contributed by atoms with van der Waals surface area (Å²) in [5, 5.41) is 0. The van der Waals surface area contributed by atoms with E-state index >= 15 is 0 Å². The van der Waals surface area contributed by atoms with Crippen LogP contribution in [0.3, 0.4) is 0 Å². The second-order valence-corrected chi connectivity index (χ2v) is 6.45. The molecule has 1 atom stereocenters. The quantitative estimate of drug-likeness (QED) is 0.736. The first-order chi connectivity index (χ1) is 11.9. The summed E-state index contributed by atoms with van der Waals surface area (Å²) in [6.45, 7) is 3.28. The molecule has 0 spiro atoms. The zero-order chi connectivity index (χ0) is 16.2. The molecule has 0 N–H and O–H groups in total. The van der Waals surface area contributed by atoms with Gasteiger partial charge in [0.25, 0.3) is 0 Å². The number of nitrogens with zero attached hydrogens (tertiary/aromatic N) is 4. The summed E-state index contributed by atoms with van der Waals surface area (Å²) in [7, 11) is 0. The van der Waals surface area contributed by atoms with E-state index in [2.05, 4.69) is 52.3 Å². The first kappa shape index (κ1) is 15.1. The second-order valence-electron chi connectivity index (χ2n) is 6.45. The molecule has 1 aliphatic heterocycles. The summed E-state index contributed by atoms with van der Waals surface area (Å²) < 4.78 is 1.97. The maximum Gasteiger partial charge on any atom is 0.138 e. The zero-order valence-corrected chi connectivity index (χ0v) is 13.8. The fourth-order valence-corrected chi connectivity index (χ4v) is 3.49. The maximum absolute atomic E-state index is 4.88. The van der Waals surface area contributed by atoms with Crippen LogP contribution in [0.25, 0.3) is 5.82 Å². The lowest BCUT2D eigenvalue weighted by molar-refractivity contribution is 0.198. The molecular formula is C20H22N4. The van der Waals surface area contributed by atoms with Crippen LogP contribution in [0, 0.1) is 0 Å². The predicted octanol–water partition coefficient (Wildman–Crippen LogP) is 3.65. The fraction of sp³-hybridized carbons (Fsp3) is 0.300. The van der Waals surface area contributed by atoms with Crippen molar-refractivity contribution in [3.8, 4) is 5.82 Å². The van der Waals surface area contributed by atoms with Gasteiger partial charge in [0.15, 0.2) is 0 Å². The Bertz CT molecular complexity index is 767. The van der Waals surface area contributed by atoms with Gasteiger partial charge in [-0.05, 0) is 37.1 Å². The van der Waals surface area contributed by atoms with E-state index in [-0.39, 0.29) is 0 Å². The van der Waals surface area contributed by atoms with Gasteiger partial charge in [-0.2, -0.15) is 0 Å². The molecule has 1 unspecified atom stereocenters. The zero-order valence-electron chi connectivity index (χ0n) is 13.8. The Kier molecular flexibility index (Phi) is 4.38. The fourth-order valence-electron chi connectivity index (χ4n) is 3.49. The molecule has 1 aliphatic rings. The molecule has 4 heteroatoms. The van der Waals surface area contributed by atoms with Crippen molar-refractivity contribution >= 4 is 0 Å². The summed E-state index contributed by atoms with van der Waals surface area (Å²) >= 11 is 0. The minimum Gasteiger partial charge on any atom is -0.298 e. The van der Waals surface area contributed by atoms with Gasteiger partial charge < -0.3 is 0 Å². The first-order valence-electron chi connectivity index (χ1n) is 8.60. The van der Waals surface area contributed by atoms with Gasteiger partial charge in [0, 0.05) is 37.1 Å². The van der Waals surface area contributed by atoms with E-state index in [1.165, 1.54) is 30.6 Å². The van der Waals surface area contributed by atoms with Gasteiger partial charge in [-0.25, -0.2) is 9.97 Å². The molecule has 3 aromatic rings. The van der Waals surface area contributed by atoms with Crippen molar-refractivity contribution in [3.63, 3.8) is 0 Å². The molecule has 0 saturated carbocycles. The standard InChI is InChI=1S/C20H22N4/c1-2-6-17(7-3-1)14-23-12-5-8-18(15-23)19-9-4-10-20(22-19)24-13-11-21-16-24/h1-4,6-7,9-11,13,16,18H,5,8,12,14-15H2. The van der Waals surface area contributed by atoms with E-state index in [9.17, 15) is 0 Å². The van der Waals surface area contributed by atoms with Crippen molar-refractivity contribution in [2.24, 2.45) is 0 Å². The Balaban J connectivity index is 1.49. The topological polar surface area (TPSA) is 34.0 Å². The summed E-state index contributed by atoms with van der Waals surface area (Å²) in [4.78, 5) is 11.5. The van der Waals surface area contributed by atoms with E-state index in [1.54, 1.807) is 12.5 Å². The third-order valence-electron chi connectivity index (χ3n) is 4.70. The average molecular weight is 318 g/mol. The third-order valence-corrected chi connectivity index (χ3v) is 4.70. The first-order valence-corrected chi connectivity index (χ1v) is 8.60. The molecule has 4 rings (SSSR count). The number of imidazole rings is 1. The highest BCUT2D eigenvalue weighted by molar-refractivity contribution is 5.26. The predicted molar refractivity (Wildman–Crippen MR) is 95.1 cm³/mol. The molecule has 1 fully saturated rings. The molecule has 2 aromatic heterocycles. The average Bonchev–Trinajstić information content (AvgIpc) is 3.18. The van der Waals surface area contributed by atoms with Crippen molar-refractivity contribution < 1.29 is 0 Å². The van der Waals surface area contributed by atoms with Crippen LogP contribution in [0.5, 0.6) is 0 Å². The molecule has 1 saturated heterocycles. The number of piperidine rings is 1. The summed E-state index contributed by atoms with van der Waals surface area (Å²) in [6, 6.07) is 17.0. The number of hydrogen-bond donors (Lipinski definition) is 0. The molecule has 4 nitrogen and oxygen atoms in total. The Morgan fingerprint density at radius 3 is 2.79 bits per heavy atom. The molecule has 24 heavy (non-hydrogen) atoms. The van der Waals surface area contributed by atoms with Crippen LogP contribution in [0.4, 0.5) is 0 Å². The van der Waals surface area contributed by atoms with Crippen LogP contribution in [0.1, 0.15) is 30.0 Å². The molecule has 0 amide bonds. The van der Waals surface area contributed by atoms with Gasteiger partial charge in [-0.15, -0.1) is 0 Å². The third kappa shape index (κ3) is 3.39. The van der Waals surface area contributed by atoms with E-state index in [1.807, 2.05) is 16.8 Å². The normalized spacial score (nSPS) is 18.6. The Morgan fingerprint density at radius 1 is 1.04 bits per heavy atom. The molecule has 0 bridgehead atoms. The number of benzene rings is 1. The van der Waals surface area contributed by atoms with E-state index < -0.39 is 0 Å². The van der Waals surface area contributed by atoms with Gasteiger partial charge in [-0.3, -0.25) is 9.47 Å². The minimum absolute atomic E-state index is 0.505. The van der Waals surface area contributed by atoms with Crippen molar-refractivity contribution in [3.05, 3.63) is 78.5 Å². The molecule has 0 radical (unpaired) electrons. The number of likely N-dealkylation sites (tertiary alicyclic amines) is 1. The molecule has 0 aliphatic carbocycles. The Hall–Kier alpha value is -2.46. The molecule has 3 heterocycles. The summed E-state index contributed by atoms with van der Waals surface area (Å²) in [5.41, 5.74) is 2.58. The van der Waals surface area contributed by atoms with Crippen molar-refractivity contribution in [1.82, 2.24) is 19.4 Å². The largest absolute Gasteiger partial charge is 0.298 e. The van der Waals surface area contributed by atoms with Gasteiger partial charge in [0.2, 0.25) is 0 Å². The van der Waals surface area contributed by atoms with Crippen LogP contribution >= 0.6 is 0 Å². The number of pyridine rings is 1. The molecular weight excluding hydrogens is 296 g/mol. The minimum atomic E-state index is 0.505. The van der Waals surface area contributed by atoms with E-state index in [0.29, 0.717) is 5.92 Å². The number of hydrogen-bond acceptors (Lipinski definition) is 3. The van der Waals surface area contributed by atoms with Gasteiger partial charge >= 0.3 is 0 Å². The highest BCUT2D eigenvalue weighted by Crippen LogP contribution is 2.27. The van der Waals surface area contributed by atoms with Gasteiger partial charge in [-0.1, -0.05) is 36.4 Å². The molecule has 1 aromatic carbocycles. The number of rotatable bonds is 4. The SMILES string of the molecule is c1ccc(CN2CCCC(c3cccc(-n4ccnc4)n3)C2)cc1. The Morgan fingerprint density at radius 2 is 1.96 bits per heavy atom. The van der Waals surface area contributed by atoms with Gasteiger partial charge in [0.1, 0.15) is 12.1 Å². The van der Waals surface area contributed by atoms with Crippen LogP contribution in [0.2, 0.25) is 0 Å². The summed E-state index contributed by atoms with van der Waals surface area (Å²) in [5.74, 6) is 1.45. The smallest absolute Gasteiger partial charge is 0.138 e. The van der Waals surface area contributed by atoms with Crippen LogP contribution in [-0.4, -0.2) is 32.5 Å². The second kappa shape index (κ2) is 6.97.